The molecule has 2 nitrogen and oxygen atoms in total. The van der Waals surface area contributed by atoms with Gasteiger partial charge in [-0.2, -0.15) is 0 Å². The minimum absolute atomic E-state index is 0.941. The van der Waals surface area contributed by atoms with Gasteiger partial charge in [0.1, 0.15) is 5.82 Å². The first-order valence-corrected chi connectivity index (χ1v) is 7.80. The quantitative estimate of drug-likeness (QED) is 0.573. The molecule has 0 saturated carbocycles. The first-order valence-electron chi connectivity index (χ1n) is 6.21. The van der Waals surface area contributed by atoms with E-state index in [0.29, 0.717) is 0 Å². The van der Waals surface area contributed by atoms with Crippen LogP contribution in [0.5, 0.6) is 0 Å². The first-order chi connectivity index (χ1) is 9.66. The summed E-state index contributed by atoms with van der Waals surface area (Å²) in [6.45, 7) is 2.10. The molecular formula is C16H12Br2N2. The van der Waals surface area contributed by atoms with Gasteiger partial charge in [-0.1, -0.05) is 46.3 Å². The average Bonchev–Trinajstić information content (AvgIpc) is 2.87. The molecule has 0 amide bonds. The van der Waals surface area contributed by atoms with E-state index in [2.05, 4.69) is 72.6 Å². The highest BCUT2D eigenvalue weighted by Gasteiger charge is 2.12. The van der Waals surface area contributed by atoms with Gasteiger partial charge < -0.3 is 0 Å². The molecule has 0 atom stereocenters. The lowest BCUT2D eigenvalue weighted by molar-refractivity contribution is 1.04. The molecule has 20 heavy (non-hydrogen) atoms. The van der Waals surface area contributed by atoms with Crippen molar-refractivity contribution in [3.8, 4) is 17.1 Å². The molecule has 0 aliphatic heterocycles. The van der Waals surface area contributed by atoms with Crippen molar-refractivity contribution in [3.05, 3.63) is 69.4 Å². The van der Waals surface area contributed by atoms with Crippen LogP contribution in [0, 0.1) is 6.92 Å². The second kappa shape index (κ2) is 5.54. The highest BCUT2D eigenvalue weighted by Crippen LogP contribution is 2.31. The predicted molar refractivity (Wildman–Crippen MR) is 89.1 cm³/mol. The van der Waals surface area contributed by atoms with Crippen molar-refractivity contribution in [1.82, 2.24) is 9.55 Å². The molecular weight excluding hydrogens is 380 g/mol. The van der Waals surface area contributed by atoms with Gasteiger partial charge >= 0.3 is 0 Å². The Morgan fingerprint density at radius 3 is 2.50 bits per heavy atom. The van der Waals surface area contributed by atoms with Gasteiger partial charge in [-0.3, -0.25) is 4.57 Å². The fraction of sp³-hybridized carbons (Fsp3) is 0.0625. The molecule has 0 bridgehead atoms. The third kappa shape index (κ3) is 2.45. The van der Waals surface area contributed by atoms with Crippen molar-refractivity contribution >= 4 is 31.9 Å². The van der Waals surface area contributed by atoms with Gasteiger partial charge in [-0.15, -0.1) is 0 Å². The minimum Gasteiger partial charge on any atom is -0.298 e. The number of imidazole rings is 1. The van der Waals surface area contributed by atoms with Crippen molar-refractivity contribution in [1.29, 1.82) is 0 Å². The van der Waals surface area contributed by atoms with Crippen LogP contribution in [0.1, 0.15) is 5.56 Å². The Labute approximate surface area is 134 Å². The molecule has 4 heteroatoms. The van der Waals surface area contributed by atoms with Crippen LogP contribution in [0.3, 0.4) is 0 Å². The number of halogens is 2. The van der Waals surface area contributed by atoms with Gasteiger partial charge in [-0.25, -0.2) is 4.98 Å². The molecule has 100 valence electrons. The zero-order chi connectivity index (χ0) is 14.1. The third-order valence-electron chi connectivity index (χ3n) is 3.13. The Balaban J connectivity index is 2.21. The van der Waals surface area contributed by atoms with Crippen molar-refractivity contribution in [3.63, 3.8) is 0 Å². The fourth-order valence-electron chi connectivity index (χ4n) is 2.28. The molecule has 1 heterocycles. The molecule has 2 aromatic carbocycles. The number of hydrogen-bond donors (Lipinski definition) is 0. The van der Waals surface area contributed by atoms with E-state index in [0.717, 1.165) is 26.0 Å². The number of aryl methyl sites for hydroxylation is 1. The second-order valence-electron chi connectivity index (χ2n) is 4.54. The number of hydrogen-bond acceptors (Lipinski definition) is 1. The zero-order valence-corrected chi connectivity index (χ0v) is 14.0. The zero-order valence-electron chi connectivity index (χ0n) is 10.8. The van der Waals surface area contributed by atoms with Gasteiger partial charge in [0.2, 0.25) is 0 Å². The maximum atomic E-state index is 4.50. The fourth-order valence-corrected chi connectivity index (χ4v) is 3.91. The molecule has 0 aliphatic rings. The van der Waals surface area contributed by atoms with E-state index in [9.17, 15) is 0 Å². The lowest BCUT2D eigenvalue weighted by atomic mass is 10.1. The van der Waals surface area contributed by atoms with Crippen molar-refractivity contribution in [2.75, 3.05) is 0 Å². The Morgan fingerprint density at radius 2 is 1.80 bits per heavy atom. The lowest BCUT2D eigenvalue weighted by Gasteiger charge is -2.13. The van der Waals surface area contributed by atoms with Crippen LogP contribution < -0.4 is 0 Å². The number of rotatable bonds is 2. The van der Waals surface area contributed by atoms with E-state index in [4.69, 9.17) is 0 Å². The largest absolute Gasteiger partial charge is 0.298 e. The number of nitrogens with zero attached hydrogens (tertiary/aromatic N) is 2. The Hall–Kier alpha value is -1.39. The summed E-state index contributed by atoms with van der Waals surface area (Å²) in [4.78, 5) is 4.50. The summed E-state index contributed by atoms with van der Waals surface area (Å²) in [7, 11) is 0. The van der Waals surface area contributed by atoms with E-state index in [1.54, 1.807) is 0 Å². The summed E-state index contributed by atoms with van der Waals surface area (Å²) in [5.41, 5.74) is 3.40. The summed E-state index contributed by atoms with van der Waals surface area (Å²) in [5.74, 6) is 0.941. The Kier molecular flexibility index (Phi) is 3.76. The molecule has 1 aromatic heterocycles. The monoisotopic (exact) mass is 390 g/mol. The summed E-state index contributed by atoms with van der Waals surface area (Å²) < 4.78 is 4.22. The maximum absolute atomic E-state index is 4.50. The summed E-state index contributed by atoms with van der Waals surface area (Å²) in [6.07, 6.45) is 3.82. The summed E-state index contributed by atoms with van der Waals surface area (Å²) >= 11 is 7.17. The van der Waals surface area contributed by atoms with Crippen LogP contribution in [0.15, 0.2) is 63.8 Å². The standard InChI is InChI=1S/C16H12Br2N2/c1-11-9-13(17)10-14(18)15(11)20-8-7-19-16(20)12-5-3-2-4-6-12/h2-10H,1H3. The van der Waals surface area contributed by atoms with Gasteiger partial charge in [0.25, 0.3) is 0 Å². The molecule has 0 saturated heterocycles. The smallest absolute Gasteiger partial charge is 0.144 e. The van der Waals surface area contributed by atoms with Crippen molar-refractivity contribution in [2.45, 2.75) is 6.92 Å². The van der Waals surface area contributed by atoms with Crippen molar-refractivity contribution in [2.24, 2.45) is 0 Å². The lowest BCUT2D eigenvalue weighted by Crippen LogP contribution is -2.00. The van der Waals surface area contributed by atoms with Crippen molar-refractivity contribution < 1.29 is 0 Å². The molecule has 3 rings (SSSR count). The molecule has 0 fully saturated rings. The average molecular weight is 392 g/mol. The van der Waals surface area contributed by atoms with E-state index in [-0.39, 0.29) is 0 Å². The Morgan fingerprint density at radius 1 is 1.05 bits per heavy atom. The van der Waals surface area contributed by atoms with E-state index < -0.39 is 0 Å². The predicted octanol–water partition coefficient (Wildman–Crippen LogP) is 5.37. The molecule has 0 unspecified atom stereocenters. The molecule has 0 spiro atoms. The number of benzene rings is 2. The van der Waals surface area contributed by atoms with Crippen LogP contribution in [-0.4, -0.2) is 9.55 Å². The van der Waals surface area contributed by atoms with Gasteiger partial charge in [0.15, 0.2) is 0 Å². The molecule has 3 aromatic rings. The van der Waals surface area contributed by atoms with E-state index in [1.165, 1.54) is 5.56 Å². The summed E-state index contributed by atoms with van der Waals surface area (Å²) in [5, 5.41) is 0. The van der Waals surface area contributed by atoms with Gasteiger partial charge in [0.05, 0.1) is 5.69 Å². The highest BCUT2D eigenvalue weighted by molar-refractivity contribution is 9.11. The second-order valence-corrected chi connectivity index (χ2v) is 6.31. The highest BCUT2D eigenvalue weighted by atomic mass is 79.9. The van der Waals surface area contributed by atoms with Crippen LogP contribution in [0.25, 0.3) is 17.1 Å². The third-order valence-corrected chi connectivity index (χ3v) is 4.19. The first kappa shape index (κ1) is 13.6. The van der Waals surface area contributed by atoms with Crippen LogP contribution >= 0.6 is 31.9 Å². The van der Waals surface area contributed by atoms with E-state index in [1.807, 2.05) is 30.6 Å². The number of aromatic nitrogens is 2. The normalized spacial score (nSPS) is 10.8. The SMILES string of the molecule is Cc1cc(Br)cc(Br)c1-n1ccnc1-c1ccccc1. The Bertz CT molecular complexity index is 725. The van der Waals surface area contributed by atoms with Gasteiger partial charge in [0, 0.05) is 26.9 Å². The van der Waals surface area contributed by atoms with Crippen LogP contribution in [0.4, 0.5) is 0 Å². The van der Waals surface area contributed by atoms with Crippen LogP contribution in [0.2, 0.25) is 0 Å². The topological polar surface area (TPSA) is 17.8 Å². The maximum Gasteiger partial charge on any atom is 0.144 e. The van der Waals surface area contributed by atoms with E-state index >= 15 is 0 Å². The van der Waals surface area contributed by atoms with Gasteiger partial charge in [-0.05, 0) is 40.5 Å². The molecule has 0 aliphatic carbocycles. The van der Waals surface area contributed by atoms with Crippen LogP contribution in [-0.2, 0) is 0 Å². The molecule has 0 radical (unpaired) electrons. The summed E-state index contributed by atoms with van der Waals surface area (Å²) in [6, 6.07) is 14.4. The minimum atomic E-state index is 0.941. The molecule has 0 N–H and O–H groups in total.